The lowest BCUT2D eigenvalue weighted by Crippen LogP contribution is -2.26. The first-order chi connectivity index (χ1) is 10.3. The standard InChI is InChI=1S/C16H14FN3O/c17-15-13(5-3-8-18-15)16(21)19-9-7-11-10-20-14-6-2-1-4-12(11)14/h1-6,8,10,20H,7,9H2,(H,19,21). The van der Waals surface area contributed by atoms with E-state index in [1.165, 1.54) is 18.3 Å². The number of nitrogens with zero attached hydrogens (tertiary/aromatic N) is 1. The molecule has 3 rings (SSSR count). The van der Waals surface area contributed by atoms with Gasteiger partial charge in [-0.25, -0.2) is 4.98 Å². The van der Waals surface area contributed by atoms with Crippen LogP contribution in [0.3, 0.4) is 0 Å². The highest BCUT2D eigenvalue weighted by Gasteiger charge is 2.11. The fraction of sp³-hybridized carbons (Fsp3) is 0.125. The van der Waals surface area contributed by atoms with Crippen LogP contribution in [0.15, 0.2) is 48.8 Å². The summed E-state index contributed by atoms with van der Waals surface area (Å²) in [6, 6.07) is 10.9. The van der Waals surface area contributed by atoms with Crippen LogP contribution in [0.2, 0.25) is 0 Å². The average Bonchev–Trinajstić information content (AvgIpc) is 2.91. The molecule has 1 amide bonds. The molecule has 21 heavy (non-hydrogen) atoms. The second-order valence-corrected chi connectivity index (χ2v) is 4.71. The van der Waals surface area contributed by atoms with Gasteiger partial charge in [-0.1, -0.05) is 18.2 Å². The van der Waals surface area contributed by atoms with Crippen molar-refractivity contribution in [3.63, 3.8) is 0 Å². The number of para-hydroxylation sites is 1. The highest BCUT2D eigenvalue weighted by Crippen LogP contribution is 2.17. The summed E-state index contributed by atoms with van der Waals surface area (Å²) in [6.07, 6.45) is 3.93. The molecule has 106 valence electrons. The largest absolute Gasteiger partial charge is 0.361 e. The van der Waals surface area contributed by atoms with Gasteiger partial charge in [0.1, 0.15) is 0 Å². The highest BCUT2D eigenvalue weighted by atomic mass is 19.1. The Bertz CT molecular complexity index is 782. The lowest BCUT2D eigenvalue weighted by atomic mass is 10.1. The number of hydrogen-bond acceptors (Lipinski definition) is 2. The van der Waals surface area contributed by atoms with Gasteiger partial charge in [0.05, 0.1) is 5.56 Å². The van der Waals surface area contributed by atoms with Gasteiger partial charge < -0.3 is 10.3 Å². The Labute approximate surface area is 121 Å². The van der Waals surface area contributed by atoms with Crippen molar-refractivity contribution in [2.75, 3.05) is 6.54 Å². The van der Waals surface area contributed by atoms with E-state index in [1.807, 2.05) is 30.5 Å². The number of aromatic nitrogens is 2. The van der Waals surface area contributed by atoms with Gasteiger partial charge in [0, 0.05) is 29.8 Å². The third-order valence-corrected chi connectivity index (χ3v) is 3.36. The molecule has 0 fully saturated rings. The monoisotopic (exact) mass is 283 g/mol. The van der Waals surface area contributed by atoms with E-state index < -0.39 is 11.9 Å². The van der Waals surface area contributed by atoms with Gasteiger partial charge >= 0.3 is 0 Å². The number of H-pyrrole nitrogens is 1. The number of nitrogens with one attached hydrogen (secondary N) is 2. The zero-order chi connectivity index (χ0) is 14.7. The summed E-state index contributed by atoms with van der Waals surface area (Å²) in [5.41, 5.74) is 2.16. The first-order valence-electron chi connectivity index (χ1n) is 6.69. The molecule has 3 aromatic rings. The molecule has 0 saturated heterocycles. The normalized spacial score (nSPS) is 10.7. The van der Waals surface area contributed by atoms with Crippen molar-refractivity contribution in [2.24, 2.45) is 0 Å². The van der Waals surface area contributed by atoms with E-state index in [-0.39, 0.29) is 5.56 Å². The summed E-state index contributed by atoms with van der Waals surface area (Å²) in [5, 5.41) is 3.85. The summed E-state index contributed by atoms with van der Waals surface area (Å²) in [5.74, 6) is -1.19. The molecule has 0 spiro atoms. The van der Waals surface area contributed by atoms with E-state index in [2.05, 4.69) is 15.3 Å². The van der Waals surface area contributed by atoms with Crippen LogP contribution < -0.4 is 5.32 Å². The predicted molar refractivity (Wildman–Crippen MR) is 78.5 cm³/mol. The van der Waals surface area contributed by atoms with Crippen molar-refractivity contribution in [3.8, 4) is 0 Å². The minimum absolute atomic E-state index is 0.0311. The minimum Gasteiger partial charge on any atom is -0.361 e. The Morgan fingerprint density at radius 3 is 2.95 bits per heavy atom. The molecule has 0 unspecified atom stereocenters. The zero-order valence-corrected chi connectivity index (χ0v) is 11.3. The summed E-state index contributed by atoms with van der Waals surface area (Å²) < 4.78 is 13.4. The minimum atomic E-state index is -0.748. The van der Waals surface area contributed by atoms with E-state index in [9.17, 15) is 9.18 Å². The molecule has 2 N–H and O–H groups in total. The van der Waals surface area contributed by atoms with Crippen LogP contribution in [0.1, 0.15) is 15.9 Å². The third-order valence-electron chi connectivity index (χ3n) is 3.36. The molecular formula is C16H14FN3O. The number of rotatable bonds is 4. The summed E-state index contributed by atoms with van der Waals surface area (Å²) in [6.45, 7) is 0.439. The van der Waals surface area contributed by atoms with Crippen LogP contribution in [-0.4, -0.2) is 22.4 Å². The number of amides is 1. The summed E-state index contributed by atoms with van der Waals surface area (Å²) >= 11 is 0. The number of carbonyl (C=O) groups is 1. The van der Waals surface area contributed by atoms with Crippen LogP contribution >= 0.6 is 0 Å². The number of fused-ring (bicyclic) bond motifs is 1. The smallest absolute Gasteiger partial charge is 0.255 e. The molecular weight excluding hydrogens is 269 g/mol. The number of halogens is 1. The van der Waals surface area contributed by atoms with Gasteiger partial charge in [-0.15, -0.1) is 0 Å². The number of carbonyl (C=O) groups excluding carboxylic acids is 1. The molecule has 0 atom stereocenters. The van der Waals surface area contributed by atoms with Crippen molar-refractivity contribution in [1.82, 2.24) is 15.3 Å². The molecule has 0 radical (unpaired) electrons. The maximum absolute atomic E-state index is 13.4. The second-order valence-electron chi connectivity index (χ2n) is 4.71. The summed E-state index contributed by atoms with van der Waals surface area (Å²) in [7, 11) is 0. The van der Waals surface area contributed by atoms with Crippen molar-refractivity contribution in [2.45, 2.75) is 6.42 Å². The van der Waals surface area contributed by atoms with E-state index >= 15 is 0 Å². The first-order valence-corrected chi connectivity index (χ1v) is 6.69. The summed E-state index contributed by atoms with van der Waals surface area (Å²) in [4.78, 5) is 18.5. The molecule has 0 aliphatic carbocycles. The predicted octanol–water partition coefficient (Wildman–Crippen LogP) is 2.67. The van der Waals surface area contributed by atoms with E-state index in [0.29, 0.717) is 13.0 Å². The van der Waals surface area contributed by atoms with Crippen LogP contribution in [0.4, 0.5) is 4.39 Å². The van der Waals surface area contributed by atoms with Gasteiger partial charge in [-0.3, -0.25) is 4.79 Å². The Kier molecular flexibility index (Phi) is 3.64. The van der Waals surface area contributed by atoms with Crippen LogP contribution in [0.25, 0.3) is 10.9 Å². The van der Waals surface area contributed by atoms with Gasteiger partial charge in [0.15, 0.2) is 0 Å². The average molecular weight is 283 g/mol. The van der Waals surface area contributed by atoms with E-state index in [1.54, 1.807) is 0 Å². The Morgan fingerprint density at radius 1 is 1.24 bits per heavy atom. The molecule has 2 heterocycles. The molecule has 2 aromatic heterocycles. The molecule has 4 nitrogen and oxygen atoms in total. The van der Waals surface area contributed by atoms with E-state index in [0.717, 1.165) is 16.5 Å². The van der Waals surface area contributed by atoms with Gasteiger partial charge in [-0.05, 0) is 30.2 Å². The number of hydrogen-bond donors (Lipinski definition) is 2. The Balaban J connectivity index is 1.64. The molecule has 0 aliphatic rings. The molecule has 0 saturated carbocycles. The fourth-order valence-electron chi connectivity index (χ4n) is 2.30. The number of pyridine rings is 1. The van der Waals surface area contributed by atoms with E-state index in [4.69, 9.17) is 0 Å². The molecule has 5 heteroatoms. The topological polar surface area (TPSA) is 57.8 Å². The fourth-order valence-corrected chi connectivity index (χ4v) is 2.30. The van der Waals surface area contributed by atoms with Crippen LogP contribution in [0, 0.1) is 5.95 Å². The Hall–Kier alpha value is -2.69. The SMILES string of the molecule is O=C(NCCc1c[nH]c2ccccc12)c1cccnc1F. The van der Waals surface area contributed by atoms with Crippen molar-refractivity contribution in [1.29, 1.82) is 0 Å². The molecule has 0 aliphatic heterocycles. The molecule has 0 bridgehead atoms. The maximum atomic E-state index is 13.4. The highest BCUT2D eigenvalue weighted by molar-refractivity contribution is 5.94. The quantitative estimate of drug-likeness (QED) is 0.723. The van der Waals surface area contributed by atoms with Crippen LogP contribution in [0.5, 0.6) is 0 Å². The Morgan fingerprint density at radius 2 is 2.10 bits per heavy atom. The lowest BCUT2D eigenvalue weighted by molar-refractivity contribution is 0.0949. The van der Waals surface area contributed by atoms with Crippen molar-refractivity contribution < 1.29 is 9.18 Å². The number of aromatic amines is 1. The van der Waals surface area contributed by atoms with Crippen LogP contribution in [-0.2, 0) is 6.42 Å². The van der Waals surface area contributed by atoms with Crippen molar-refractivity contribution in [3.05, 3.63) is 65.9 Å². The third kappa shape index (κ3) is 2.76. The molecule has 1 aromatic carbocycles. The van der Waals surface area contributed by atoms with Gasteiger partial charge in [0.25, 0.3) is 5.91 Å². The van der Waals surface area contributed by atoms with Gasteiger partial charge in [0.2, 0.25) is 5.95 Å². The lowest BCUT2D eigenvalue weighted by Gasteiger charge is -2.05. The number of benzene rings is 1. The zero-order valence-electron chi connectivity index (χ0n) is 11.3. The first kappa shape index (κ1) is 13.3. The second kappa shape index (κ2) is 5.75. The van der Waals surface area contributed by atoms with Crippen molar-refractivity contribution >= 4 is 16.8 Å². The maximum Gasteiger partial charge on any atom is 0.255 e. The van der Waals surface area contributed by atoms with Gasteiger partial charge in [-0.2, -0.15) is 4.39 Å².